The molecule has 1 amide bonds. The Bertz CT molecular complexity index is 418. The van der Waals surface area contributed by atoms with Crippen molar-refractivity contribution in [2.45, 2.75) is 39.3 Å². The number of aromatic amines is 1. The van der Waals surface area contributed by atoms with E-state index in [-0.39, 0.29) is 5.78 Å². The molecule has 1 aromatic rings. The fourth-order valence-electron chi connectivity index (χ4n) is 1.38. The molecule has 0 aliphatic heterocycles. The van der Waals surface area contributed by atoms with E-state index in [9.17, 15) is 9.59 Å². The number of H-pyrrole nitrogens is 1. The van der Waals surface area contributed by atoms with Gasteiger partial charge in [-0.05, 0) is 39.8 Å². The highest BCUT2D eigenvalue weighted by Gasteiger charge is 2.27. The smallest absolute Gasteiger partial charge is 0.410 e. The van der Waals surface area contributed by atoms with Gasteiger partial charge in [-0.1, -0.05) is 0 Å². The molecule has 1 aromatic heterocycles. The van der Waals surface area contributed by atoms with E-state index in [1.807, 2.05) is 0 Å². The minimum Gasteiger partial charge on any atom is -0.444 e. The van der Waals surface area contributed by atoms with E-state index < -0.39 is 17.7 Å². The van der Waals surface area contributed by atoms with Crippen molar-refractivity contribution in [3.63, 3.8) is 0 Å². The summed E-state index contributed by atoms with van der Waals surface area (Å²) < 4.78 is 5.21. The van der Waals surface area contributed by atoms with Crippen molar-refractivity contribution >= 4 is 11.9 Å². The highest BCUT2D eigenvalue weighted by molar-refractivity contribution is 5.99. The van der Waals surface area contributed by atoms with Crippen molar-refractivity contribution in [3.05, 3.63) is 24.0 Å². The van der Waals surface area contributed by atoms with Gasteiger partial charge in [0.25, 0.3) is 0 Å². The molecule has 100 valence electrons. The Labute approximate surface area is 107 Å². The van der Waals surface area contributed by atoms with Gasteiger partial charge >= 0.3 is 6.09 Å². The normalized spacial score (nSPS) is 12.9. The summed E-state index contributed by atoms with van der Waals surface area (Å²) in [6.45, 7) is 7.04. The van der Waals surface area contributed by atoms with Gasteiger partial charge in [0.05, 0.1) is 11.7 Å². The average Bonchev–Trinajstić information content (AvgIpc) is 2.77. The lowest BCUT2D eigenvalue weighted by atomic mass is 10.1. The standard InChI is InChI=1S/C13H20N2O3/c1-9(11(16)10-7-6-8-14-10)15(5)12(17)18-13(2,3)4/h6-9,14H,1-5H3/t9-/m0/s1. The Hall–Kier alpha value is -1.78. The number of aromatic nitrogens is 1. The third kappa shape index (κ3) is 3.61. The van der Waals surface area contributed by atoms with Crippen LogP contribution in [0.5, 0.6) is 0 Å². The van der Waals surface area contributed by atoms with Crippen molar-refractivity contribution in [1.82, 2.24) is 9.88 Å². The van der Waals surface area contributed by atoms with Crippen LogP contribution in [0.4, 0.5) is 4.79 Å². The maximum absolute atomic E-state index is 12.0. The van der Waals surface area contributed by atoms with Crippen LogP contribution in [0, 0.1) is 0 Å². The van der Waals surface area contributed by atoms with E-state index in [0.29, 0.717) is 5.69 Å². The van der Waals surface area contributed by atoms with Crippen LogP contribution < -0.4 is 0 Å². The first kappa shape index (κ1) is 14.3. The second-order valence-electron chi connectivity index (χ2n) is 5.22. The van der Waals surface area contributed by atoms with Crippen molar-refractivity contribution < 1.29 is 14.3 Å². The summed E-state index contributed by atoms with van der Waals surface area (Å²) in [6, 6.07) is 2.85. The quantitative estimate of drug-likeness (QED) is 0.840. The highest BCUT2D eigenvalue weighted by atomic mass is 16.6. The maximum atomic E-state index is 12.0. The van der Waals surface area contributed by atoms with Gasteiger partial charge in [0.1, 0.15) is 5.60 Å². The molecule has 1 atom stereocenters. The van der Waals surface area contributed by atoms with Gasteiger partial charge in [0.2, 0.25) is 5.78 Å². The summed E-state index contributed by atoms with van der Waals surface area (Å²) in [7, 11) is 1.56. The Balaban J connectivity index is 2.69. The van der Waals surface area contributed by atoms with Crippen molar-refractivity contribution in [2.24, 2.45) is 0 Å². The number of hydrogen-bond donors (Lipinski definition) is 1. The van der Waals surface area contributed by atoms with E-state index in [1.54, 1.807) is 53.1 Å². The summed E-state index contributed by atoms with van der Waals surface area (Å²) in [5, 5.41) is 0. The molecule has 0 aromatic carbocycles. The summed E-state index contributed by atoms with van der Waals surface area (Å²) in [6.07, 6.45) is 1.17. The van der Waals surface area contributed by atoms with Gasteiger partial charge < -0.3 is 14.6 Å². The molecule has 1 rings (SSSR count). The zero-order chi connectivity index (χ0) is 13.9. The van der Waals surface area contributed by atoms with E-state index in [1.165, 1.54) is 4.90 Å². The molecule has 0 fully saturated rings. The summed E-state index contributed by atoms with van der Waals surface area (Å²) in [5.74, 6) is -0.145. The topological polar surface area (TPSA) is 62.4 Å². The van der Waals surface area contributed by atoms with Gasteiger partial charge in [-0.3, -0.25) is 4.79 Å². The van der Waals surface area contributed by atoms with Crippen LogP contribution in [0.1, 0.15) is 38.2 Å². The second kappa shape index (κ2) is 5.25. The maximum Gasteiger partial charge on any atom is 0.410 e. The molecule has 0 unspecified atom stereocenters. The number of carbonyl (C=O) groups excluding carboxylic acids is 2. The number of amides is 1. The predicted molar refractivity (Wildman–Crippen MR) is 68.6 cm³/mol. The fraction of sp³-hybridized carbons (Fsp3) is 0.538. The zero-order valence-corrected chi connectivity index (χ0v) is 11.5. The van der Waals surface area contributed by atoms with Gasteiger partial charge in [0, 0.05) is 13.2 Å². The van der Waals surface area contributed by atoms with Crippen LogP contribution in [0.2, 0.25) is 0 Å². The van der Waals surface area contributed by atoms with E-state index in [0.717, 1.165) is 0 Å². The first-order chi connectivity index (χ1) is 8.22. The number of Topliss-reactive ketones (excluding diaryl/α,β-unsaturated/α-hetero) is 1. The number of nitrogens with one attached hydrogen (secondary N) is 1. The van der Waals surface area contributed by atoms with Crippen LogP contribution >= 0.6 is 0 Å². The zero-order valence-electron chi connectivity index (χ0n) is 11.5. The Morgan fingerprint density at radius 3 is 2.44 bits per heavy atom. The minimum absolute atomic E-state index is 0.145. The minimum atomic E-state index is -0.571. The lowest BCUT2D eigenvalue weighted by Crippen LogP contribution is -2.43. The molecule has 1 N–H and O–H groups in total. The van der Waals surface area contributed by atoms with Gasteiger partial charge in [-0.15, -0.1) is 0 Å². The molecule has 1 heterocycles. The fourth-order valence-corrected chi connectivity index (χ4v) is 1.38. The molecule has 5 nitrogen and oxygen atoms in total. The molecule has 0 bridgehead atoms. The molecule has 5 heteroatoms. The van der Waals surface area contributed by atoms with E-state index >= 15 is 0 Å². The largest absolute Gasteiger partial charge is 0.444 e. The first-order valence-corrected chi connectivity index (χ1v) is 5.86. The van der Waals surface area contributed by atoms with E-state index in [2.05, 4.69) is 4.98 Å². The Morgan fingerprint density at radius 1 is 1.39 bits per heavy atom. The van der Waals surface area contributed by atoms with Gasteiger partial charge in [-0.25, -0.2) is 4.79 Å². The van der Waals surface area contributed by atoms with Crippen LogP contribution in [-0.4, -0.2) is 40.5 Å². The predicted octanol–water partition coefficient (Wildman–Crippen LogP) is 2.45. The number of ketones is 1. The second-order valence-corrected chi connectivity index (χ2v) is 5.22. The third-order valence-corrected chi connectivity index (χ3v) is 2.51. The van der Waals surface area contributed by atoms with Crippen molar-refractivity contribution in [1.29, 1.82) is 0 Å². The molecule has 0 aliphatic rings. The summed E-state index contributed by atoms with van der Waals surface area (Å²) in [4.78, 5) is 28.0. The third-order valence-electron chi connectivity index (χ3n) is 2.51. The van der Waals surface area contributed by atoms with Gasteiger partial charge in [0.15, 0.2) is 0 Å². The molecule has 0 radical (unpaired) electrons. The number of carbonyl (C=O) groups is 2. The first-order valence-electron chi connectivity index (χ1n) is 5.86. The summed E-state index contributed by atoms with van der Waals surface area (Å²) >= 11 is 0. The van der Waals surface area contributed by atoms with Crippen molar-refractivity contribution in [3.8, 4) is 0 Å². The molecule has 0 saturated heterocycles. The van der Waals surface area contributed by atoms with Crippen molar-refractivity contribution in [2.75, 3.05) is 7.05 Å². The van der Waals surface area contributed by atoms with Crippen LogP contribution in [0.15, 0.2) is 18.3 Å². The monoisotopic (exact) mass is 252 g/mol. The van der Waals surface area contributed by atoms with Crippen LogP contribution in [-0.2, 0) is 4.74 Å². The number of nitrogens with zero attached hydrogens (tertiary/aromatic N) is 1. The lowest BCUT2D eigenvalue weighted by Gasteiger charge is -2.27. The number of rotatable bonds is 3. The highest BCUT2D eigenvalue weighted by Crippen LogP contribution is 2.12. The van der Waals surface area contributed by atoms with Crippen LogP contribution in [0.25, 0.3) is 0 Å². The molecule has 0 aliphatic carbocycles. The molecule has 0 saturated carbocycles. The molecular weight excluding hydrogens is 232 g/mol. The number of ether oxygens (including phenoxy) is 1. The number of hydrogen-bond acceptors (Lipinski definition) is 3. The molecule has 18 heavy (non-hydrogen) atoms. The molecule has 0 spiro atoms. The Morgan fingerprint density at radius 2 is 2.00 bits per heavy atom. The van der Waals surface area contributed by atoms with Gasteiger partial charge in [-0.2, -0.15) is 0 Å². The lowest BCUT2D eigenvalue weighted by molar-refractivity contribution is 0.0231. The van der Waals surface area contributed by atoms with E-state index in [4.69, 9.17) is 4.74 Å². The average molecular weight is 252 g/mol. The Kier molecular flexibility index (Phi) is 4.16. The molecular formula is C13H20N2O3. The summed E-state index contributed by atoms with van der Waals surface area (Å²) in [5.41, 5.74) is -0.0847. The number of likely N-dealkylation sites (N-methyl/N-ethyl adjacent to an activating group) is 1. The SMILES string of the molecule is C[C@@H](C(=O)c1ccc[nH]1)N(C)C(=O)OC(C)(C)C. The van der Waals surface area contributed by atoms with Crippen LogP contribution in [0.3, 0.4) is 0 Å².